The summed E-state index contributed by atoms with van der Waals surface area (Å²) in [6.07, 6.45) is -4.47. The Morgan fingerprint density at radius 3 is 2.14 bits per heavy atom. The predicted molar refractivity (Wildman–Crippen MR) is 132 cm³/mol. The first-order chi connectivity index (χ1) is 16.5. The van der Waals surface area contributed by atoms with Crippen molar-refractivity contribution < 1.29 is 31.5 Å². The molecule has 0 bridgehead atoms. The van der Waals surface area contributed by atoms with Crippen LogP contribution in [-0.4, -0.2) is 23.2 Å². The summed E-state index contributed by atoms with van der Waals surface area (Å²) in [5, 5.41) is 0.636. The maximum absolute atomic E-state index is 13.0. The van der Waals surface area contributed by atoms with Crippen molar-refractivity contribution in [1.29, 1.82) is 0 Å². The van der Waals surface area contributed by atoms with Crippen molar-refractivity contribution >= 4 is 41.7 Å². The Morgan fingerprint density at radius 1 is 0.971 bits per heavy atom. The summed E-state index contributed by atoms with van der Waals surface area (Å²) < 4.78 is 61.9. The average Bonchev–Trinajstić information content (AvgIpc) is 2.77. The minimum absolute atomic E-state index is 0.0820. The highest BCUT2D eigenvalue weighted by molar-refractivity contribution is 8.07. The molecule has 3 rings (SSSR count). The Balaban J connectivity index is 2.11. The molecule has 3 aromatic rings. The Bertz CT molecular complexity index is 1240. The van der Waals surface area contributed by atoms with Gasteiger partial charge in [0.25, 0.3) is 5.88 Å². The van der Waals surface area contributed by atoms with Crippen molar-refractivity contribution in [2.45, 2.75) is 26.9 Å². The molecule has 0 saturated carbocycles. The molecule has 0 atom stereocenters. The van der Waals surface area contributed by atoms with Gasteiger partial charge in [0.05, 0.1) is 29.5 Å². The van der Waals surface area contributed by atoms with Crippen LogP contribution in [0.15, 0.2) is 42.5 Å². The normalized spacial score (nSPS) is 12.0. The third-order valence-electron chi connectivity index (χ3n) is 4.35. The van der Waals surface area contributed by atoms with Crippen LogP contribution in [0.5, 0.6) is 17.4 Å². The summed E-state index contributed by atoms with van der Waals surface area (Å²) in [6, 6.07) is 9.04. The second-order valence-electron chi connectivity index (χ2n) is 6.89. The van der Waals surface area contributed by atoms with Gasteiger partial charge < -0.3 is 9.26 Å². The summed E-state index contributed by atoms with van der Waals surface area (Å²) >= 11 is 17.7. The first kappa shape index (κ1) is 27.6. The van der Waals surface area contributed by atoms with Gasteiger partial charge in [-0.15, -0.1) is 0 Å². The lowest BCUT2D eigenvalue weighted by atomic mass is 10.1. The molecule has 0 aliphatic heterocycles. The van der Waals surface area contributed by atoms with Gasteiger partial charge in [-0.3, -0.25) is 9.05 Å². The van der Waals surface area contributed by atoms with Gasteiger partial charge in [-0.25, -0.2) is 4.98 Å². The summed E-state index contributed by atoms with van der Waals surface area (Å²) in [4.78, 5) is 8.77. The number of ether oxygens (including phenoxy) is 1. The van der Waals surface area contributed by atoms with E-state index >= 15 is 0 Å². The van der Waals surface area contributed by atoms with Crippen LogP contribution < -0.4 is 9.26 Å². The van der Waals surface area contributed by atoms with E-state index in [1.807, 2.05) is 0 Å². The van der Waals surface area contributed by atoms with Crippen molar-refractivity contribution in [3.05, 3.63) is 63.8 Å². The summed E-state index contributed by atoms with van der Waals surface area (Å²) in [7, 11) is 0. The van der Waals surface area contributed by atoms with Crippen LogP contribution in [0.2, 0.25) is 10.0 Å². The van der Waals surface area contributed by atoms with Crippen molar-refractivity contribution in [2.24, 2.45) is 0 Å². The van der Waals surface area contributed by atoms with E-state index in [2.05, 4.69) is 9.97 Å². The molecule has 1 heterocycles. The first-order valence-electron chi connectivity index (χ1n) is 10.2. The lowest BCUT2D eigenvalue weighted by molar-refractivity contribution is -0.137. The number of rotatable bonds is 9. The zero-order chi connectivity index (χ0) is 25.8. The number of alkyl halides is 3. The lowest BCUT2D eigenvalue weighted by Gasteiger charge is -2.22. The van der Waals surface area contributed by atoms with Gasteiger partial charge in [0.1, 0.15) is 5.75 Å². The number of nitrogens with zero attached hydrogens (tertiary/aromatic N) is 2. The van der Waals surface area contributed by atoms with E-state index in [0.29, 0.717) is 16.3 Å². The van der Waals surface area contributed by atoms with Gasteiger partial charge in [-0.2, -0.15) is 18.2 Å². The fraction of sp³-hybridized carbons (Fsp3) is 0.273. The Morgan fingerprint density at radius 2 is 1.60 bits per heavy atom. The molecule has 0 unspecified atom stereocenters. The summed E-state index contributed by atoms with van der Waals surface area (Å²) in [5.74, 6) is 0.313. The van der Waals surface area contributed by atoms with E-state index in [4.69, 9.17) is 53.3 Å². The molecule has 0 spiro atoms. The fourth-order valence-electron chi connectivity index (χ4n) is 2.83. The summed E-state index contributed by atoms with van der Waals surface area (Å²) in [6.45, 7) is 2.21. The number of aromatic nitrogens is 2. The number of hydrogen-bond acceptors (Lipinski definition) is 7. The quantitative estimate of drug-likeness (QED) is 0.241. The Labute approximate surface area is 215 Å². The largest absolute Gasteiger partial charge is 0.448 e. The minimum atomic E-state index is -4.47. The third kappa shape index (κ3) is 7.06. The van der Waals surface area contributed by atoms with E-state index in [1.54, 1.807) is 32.9 Å². The second-order valence-corrected chi connectivity index (χ2v) is 10.7. The zero-order valence-electron chi connectivity index (χ0n) is 18.7. The molecule has 0 N–H and O–H groups in total. The SMILES string of the molecule is CCOP(=S)(OCC)Oc1nc(-c2ccc(C(F)(F)F)cc2)nc(C)c1Oc1ccc(Cl)cc1Cl. The Hall–Kier alpha value is -1.94. The smallest absolute Gasteiger partial charge is 0.416 e. The Kier molecular flexibility index (Phi) is 9.01. The molecular weight excluding hydrogens is 547 g/mol. The van der Waals surface area contributed by atoms with E-state index in [1.165, 1.54) is 18.2 Å². The van der Waals surface area contributed by atoms with Gasteiger partial charge in [-0.1, -0.05) is 35.3 Å². The second kappa shape index (κ2) is 11.4. The van der Waals surface area contributed by atoms with Gasteiger partial charge in [0.2, 0.25) is 5.75 Å². The van der Waals surface area contributed by atoms with Gasteiger partial charge in [-0.05, 0) is 51.1 Å². The van der Waals surface area contributed by atoms with Crippen LogP contribution in [0.3, 0.4) is 0 Å². The first-order valence-corrected chi connectivity index (χ1v) is 13.5. The van der Waals surface area contributed by atoms with Crippen molar-refractivity contribution in [3.8, 4) is 28.8 Å². The van der Waals surface area contributed by atoms with E-state index in [-0.39, 0.29) is 41.4 Å². The number of halogens is 5. The average molecular weight is 567 g/mol. The maximum atomic E-state index is 13.0. The van der Waals surface area contributed by atoms with Crippen molar-refractivity contribution in [3.63, 3.8) is 0 Å². The monoisotopic (exact) mass is 566 g/mol. The molecule has 2 aromatic carbocycles. The highest BCUT2D eigenvalue weighted by Gasteiger charge is 2.31. The third-order valence-corrected chi connectivity index (χ3v) is 7.28. The molecule has 0 fully saturated rings. The van der Waals surface area contributed by atoms with E-state index in [0.717, 1.165) is 12.1 Å². The molecule has 0 aliphatic rings. The van der Waals surface area contributed by atoms with E-state index < -0.39 is 18.5 Å². The molecular formula is C22H20Cl2F3N2O4PS. The standard InChI is InChI=1S/C22H20Cl2F3N2O4PS/c1-4-30-34(35,31-5-2)33-21-19(32-18-11-10-16(23)12-17(18)24)13(3)28-20(29-21)14-6-8-15(9-7-14)22(25,26)27/h6-12H,4-5H2,1-3H3. The van der Waals surface area contributed by atoms with Gasteiger partial charge in [0, 0.05) is 22.4 Å². The number of hydrogen-bond donors (Lipinski definition) is 0. The molecule has 0 aliphatic carbocycles. The zero-order valence-corrected chi connectivity index (χ0v) is 22.0. The molecule has 6 nitrogen and oxygen atoms in total. The molecule has 13 heteroatoms. The molecule has 1 aromatic heterocycles. The minimum Gasteiger partial charge on any atom is -0.448 e. The van der Waals surface area contributed by atoms with Crippen LogP contribution >= 0.6 is 29.9 Å². The summed E-state index contributed by atoms with van der Waals surface area (Å²) in [5.41, 5.74) is -0.163. The molecule has 0 saturated heterocycles. The maximum Gasteiger partial charge on any atom is 0.416 e. The van der Waals surface area contributed by atoms with Gasteiger partial charge in [0.15, 0.2) is 5.82 Å². The topological polar surface area (TPSA) is 62.7 Å². The highest BCUT2D eigenvalue weighted by atomic mass is 35.5. The van der Waals surface area contributed by atoms with Crippen LogP contribution in [0.4, 0.5) is 13.2 Å². The van der Waals surface area contributed by atoms with Crippen molar-refractivity contribution in [2.75, 3.05) is 13.2 Å². The number of benzene rings is 2. The van der Waals surface area contributed by atoms with Crippen LogP contribution in [0.1, 0.15) is 25.1 Å². The molecule has 188 valence electrons. The van der Waals surface area contributed by atoms with Crippen LogP contribution in [0, 0.1) is 6.92 Å². The molecule has 35 heavy (non-hydrogen) atoms. The predicted octanol–water partition coefficient (Wildman–Crippen LogP) is 8.25. The van der Waals surface area contributed by atoms with E-state index in [9.17, 15) is 13.2 Å². The molecule has 0 radical (unpaired) electrons. The lowest BCUT2D eigenvalue weighted by Crippen LogP contribution is -2.07. The van der Waals surface area contributed by atoms with Crippen LogP contribution in [0.25, 0.3) is 11.4 Å². The highest BCUT2D eigenvalue weighted by Crippen LogP contribution is 2.52. The van der Waals surface area contributed by atoms with Crippen molar-refractivity contribution in [1.82, 2.24) is 9.97 Å². The van der Waals surface area contributed by atoms with Crippen LogP contribution in [-0.2, 0) is 27.0 Å². The van der Waals surface area contributed by atoms with Gasteiger partial charge >= 0.3 is 12.9 Å². The fourth-order valence-corrected chi connectivity index (χ4v) is 5.27. The molecule has 0 amide bonds. The number of aryl methyl sites for hydroxylation is 1.